The van der Waals surface area contributed by atoms with Crippen molar-refractivity contribution in [1.29, 1.82) is 0 Å². The van der Waals surface area contributed by atoms with Gasteiger partial charge in [-0.05, 0) is 86.7 Å². The van der Waals surface area contributed by atoms with E-state index in [9.17, 15) is 19.8 Å². The van der Waals surface area contributed by atoms with Gasteiger partial charge in [0.05, 0.1) is 16.5 Å². The summed E-state index contributed by atoms with van der Waals surface area (Å²) in [4.78, 5) is 29.8. The molecule has 4 heterocycles. The Balaban J connectivity index is 0.000000268. The maximum Gasteiger partial charge on any atom is 0.335 e. The van der Waals surface area contributed by atoms with E-state index in [1.54, 1.807) is 24.3 Å². The van der Waals surface area contributed by atoms with E-state index in [-0.39, 0.29) is 22.0 Å². The van der Waals surface area contributed by atoms with Crippen molar-refractivity contribution in [2.24, 2.45) is 4.99 Å². The first-order valence-corrected chi connectivity index (χ1v) is 20.3. The molecule has 0 bridgehead atoms. The average molecular weight is 791 g/mol. The Morgan fingerprint density at radius 2 is 1.46 bits per heavy atom. The van der Waals surface area contributed by atoms with Crippen LogP contribution in [0.5, 0.6) is 0 Å². The quantitative estimate of drug-likeness (QED) is 0.0821. The summed E-state index contributed by atoms with van der Waals surface area (Å²) < 4.78 is 2.17. The van der Waals surface area contributed by atoms with Gasteiger partial charge in [-0.2, -0.15) is 4.58 Å². The van der Waals surface area contributed by atoms with E-state index in [1.165, 1.54) is 29.7 Å². The molecule has 0 amide bonds. The minimum absolute atomic E-state index is 0.280. The van der Waals surface area contributed by atoms with Gasteiger partial charge in [-0.3, -0.25) is 4.99 Å². The van der Waals surface area contributed by atoms with Gasteiger partial charge in [0.15, 0.2) is 12.3 Å². The van der Waals surface area contributed by atoms with E-state index in [2.05, 4.69) is 108 Å². The molecule has 0 saturated carbocycles. The topological polar surface area (TPSA) is 117 Å². The Hall–Kier alpha value is -6.48. The van der Waals surface area contributed by atoms with Gasteiger partial charge in [0.1, 0.15) is 5.84 Å². The molecular formula is C50H56N5O4+. The third-order valence-corrected chi connectivity index (χ3v) is 11.3. The zero-order valence-electron chi connectivity index (χ0n) is 34.7. The number of amidine groups is 1. The molecule has 0 aromatic heterocycles. The maximum absolute atomic E-state index is 11.6. The number of aromatic carboxylic acids is 2. The number of nitrogens with zero attached hydrogens (tertiary/aromatic N) is 3. The molecule has 4 N–H and O–H groups in total. The summed E-state index contributed by atoms with van der Waals surface area (Å²) in [6.07, 6.45) is 23.5. The van der Waals surface area contributed by atoms with Crippen LogP contribution in [0.1, 0.15) is 89.9 Å². The van der Waals surface area contributed by atoms with Crippen molar-refractivity contribution in [3.63, 3.8) is 0 Å². The highest BCUT2D eigenvalue weighted by Gasteiger charge is 2.44. The van der Waals surface area contributed by atoms with Gasteiger partial charge in [0.2, 0.25) is 5.69 Å². The van der Waals surface area contributed by atoms with Crippen LogP contribution in [0.3, 0.4) is 0 Å². The van der Waals surface area contributed by atoms with Crippen molar-refractivity contribution < 1.29 is 24.4 Å². The Labute approximate surface area is 348 Å². The van der Waals surface area contributed by atoms with Crippen LogP contribution >= 0.6 is 0 Å². The van der Waals surface area contributed by atoms with Crippen LogP contribution in [-0.2, 0) is 10.8 Å². The zero-order valence-corrected chi connectivity index (χ0v) is 34.7. The van der Waals surface area contributed by atoms with Crippen LogP contribution in [0.15, 0.2) is 145 Å². The fraction of sp³-hybridized carbons (Fsp3) is 0.280. The molecule has 0 spiro atoms. The second-order valence-corrected chi connectivity index (χ2v) is 16.0. The minimum atomic E-state index is -0.935. The molecule has 0 fully saturated rings. The second kappa shape index (κ2) is 18.4. The lowest BCUT2D eigenvalue weighted by molar-refractivity contribution is -0.425. The summed E-state index contributed by atoms with van der Waals surface area (Å²) in [5, 5.41) is 25.8. The van der Waals surface area contributed by atoms with Crippen LogP contribution in [0, 0.1) is 0 Å². The molecular weight excluding hydrogens is 735 g/mol. The molecule has 0 aliphatic carbocycles. The van der Waals surface area contributed by atoms with Crippen molar-refractivity contribution >= 4 is 40.6 Å². The van der Waals surface area contributed by atoms with Crippen LogP contribution in [0.2, 0.25) is 0 Å². The van der Waals surface area contributed by atoms with E-state index in [4.69, 9.17) is 0 Å². The highest BCUT2D eigenvalue weighted by atomic mass is 16.4. The van der Waals surface area contributed by atoms with Crippen molar-refractivity contribution in [3.05, 3.63) is 174 Å². The highest BCUT2D eigenvalue weighted by Crippen LogP contribution is 2.48. The van der Waals surface area contributed by atoms with Crippen molar-refractivity contribution in [3.8, 4) is 0 Å². The lowest BCUT2D eigenvalue weighted by Gasteiger charge is -2.26. The van der Waals surface area contributed by atoms with Crippen molar-refractivity contribution in [2.45, 2.75) is 57.8 Å². The van der Waals surface area contributed by atoms with Crippen molar-refractivity contribution in [2.75, 3.05) is 37.6 Å². The Kier molecular flexibility index (Phi) is 13.1. The van der Waals surface area contributed by atoms with E-state index in [0.717, 1.165) is 65.8 Å². The fourth-order valence-electron chi connectivity index (χ4n) is 8.15. The van der Waals surface area contributed by atoms with E-state index < -0.39 is 11.9 Å². The van der Waals surface area contributed by atoms with Crippen LogP contribution in [-0.4, -0.2) is 71.0 Å². The van der Waals surface area contributed by atoms with Gasteiger partial charge in [-0.15, -0.1) is 6.58 Å². The smallest absolute Gasteiger partial charge is 0.335 e. The number of aliphatic imine (C=N–C) groups is 1. The number of benzene rings is 3. The lowest BCUT2D eigenvalue weighted by Crippen LogP contribution is -2.30. The lowest BCUT2D eigenvalue weighted by atomic mass is 9.81. The van der Waals surface area contributed by atoms with Gasteiger partial charge in [0.25, 0.3) is 0 Å². The first-order chi connectivity index (χ1) is 28.4. The number of hydrogen-bond acceptors (Lipinski definition) is 6. The van der Waals surface area contributed by atoms with Gasteiger partial charge in [-0.1, -0.05) is 87.2 Å². The third-order valence-electron chi connectivity index (χ3n) is 11.3. The number of carboxylic acid groups (broad SMARTS) is 2. The van der Waals surface area contributed by atoms with E-state index in [1.807, 2.05) is 54.7 Å². The number of allylic oxidation sites excluding steroid dienone is 9. The molecule has 9 heteroatoms. The summed E-state index contributed by atoms with van der Waals surface area (Å²) in [5.41, 5.74) is 9.64. The number of carbonyl (C=O) groups is 2. The Morgan fingerprint density at radius 3 is 2.10 bits per heavy atom. The monoisotopic (exact) mass is 790 g/mol. The third kappa shape index (κ3) is 9.15. The molecule has 0 unspecified atom stereocenters. The van der Waals surface area contributed by atoms with E-state index >= 15 is 0 Å². The molecule has 7 rings (SSSR count). The van der Waals surface area contributed by atoms with Gasteiger partial charge in [0, 0.05) is 71.9 Å². The molecule has 0 atom stereocenters. The molecule has 4 aliphatic rings. The summed E-state index contributed by atoms with van der Waals surface area (Å²) >= 11 is 0. The van der Waals surface area contributed by atoms with Gasteiger partial charge >= 0.3 is 11.9 Å². The molecule has 0 saturated heterocycles. The first-order valence-electron chi connectivity index (χ1n) is 20.3. The molecule has 3 aromatic rings. The standard InChI is InChI=1S/C35H36N2O4.C15H19N3/c1-7-20-36-28-18-16-24(32(38)39)22-26(28)34(3,4)30(36)14-12-10-9-11-13-15-31-35(5,6)27-23-25(33(40)41)17-19-29(27)37(31)21-8-2;1-2-9-16-14(4-1)12-5-7-13(8-6-12)15-17-10-3-11-18-15/h7-19,22-23H,1-2,20-21H2,3-6H3,(H-,38,39,40,41);4-8,16H,1-3,9-11H2,(H,17,18)/p+1. The first kappa shape index (κ1) is 42.1. The van der Waals surface area contributed by atoms with Gasteiger partial charge < -0.3 is 25.7 Å². The summed E-state index contributed by atoms with van der Waals surface area (Å²) in [6, 6.07) is 19.2. The molecule has 3 aromatic carbocycles. The number of anilines is 1. The molecule has 9 nitrogen and oxygen atoms in total. The predicted molar refractivity (Wildman–Crippen MR) is 242 cm³/mol. The zero-order chi connectivity index (χ0) is 42.2. The maximum atomic E-state index is 11.6. The summed E-state index contributed by atoms with van der Waals surface area (Å²) in [7, 11) is 0. The summed E-state index contributed by atoms with van der Waals surface area (Å²) in [5.74, 6) is -0.830. The van der Waals surface area contributed by atoms with Crippen LogP contribution in [0.4, 0.5) is 11.4 Å². The van der Waals surface area contributed by atoms with Gasteiger partial charge in [-0.25, -0.2) is 9.59 Å². The summed E-state index contributed by atoms with van der Waals surface area (Å²) in [6.45, 7) is 20.5. The number of nitrogens with one attached hydrogen (secondary N) is 2. The van der Waals surface area contributed by atoms with E-state index in [0.29, 0.717) is 13.1 Å². The average Bonchev–Trinajstić information content (AvgIpc) is 3.58. The second-order valence-electron chi connectivity index (χ2n) is 16.0. The largest absolute Gasteiger partial charge is 0.478 e. The SMILES string of the molecule is C1=C(c2ccc(C3=NCCCN3)cc2)NCCC1.C=CCN1/C(=C/C=C/C=C/C=C/C2=[N+](CC=C)c3ccc(C(=O)O)cc3C2(C)C)C(C)(C)c2cc(C(=O)O)ccc21. The molecule has 304 valence electrons. The predicted octanol–water partition coefficient (Wildman–Crippen LogP) is 9.33. The number of carboxylic acids is 2. The number of fused-ring (bicyclic) bond motifs is 2. The van der Waals surface area contributed by atoms with Crippen LogP contribution < -0.4 is 15.5 Å². The van der Waals surface area contributed by atoms with Crippen LogP contribution in [0.25, 0.3) is 5.70 Å². The minimum Gasteiger partial charge on any atom is -0.478 e. The Bertz CT molecular complexity index is 2290. The fourth-order valence-corrected chi connectivity index (χ4v) is 8.15. The molecule has 0 radical (unpaired) electrons. The number of rotatable bonds is 12. The Morgan fingerprint density at radius 1 is 0.797 bits per heavy atom. The number of hydrogen-bond donors (Lipinski definition) is 4. The molecule has 4 aliphatic heterocycles. The molecule has 59 heavy (non-hydrogen) atoms. The normalized spacial score (nSPS) is 18.4. The highest BCUT2D eigenvalue weighted by molar-refractivity contribution is 6.04. The van der Waals surface area contributed by atoms with Crippen molar-refractivity contribution in [1.82, 2.24) is 10.6 Å².